The highest BCUT2D eigenvalue weighted by Crippen LogP contribution is 2.19. The first-order valence-corrected chi connectivity index (χ1v) is 7.57. The highest BCUT2D eigenvalue weighted by atomic mass is 16.6. The summed E-state index contributed by atoms with van der Waals surface area (Å²) in [7, 11) is -1.16. The molecule has 124 valence electrons. The van der Waals surface area contributed by atoms with E-state index in [4.69, 9.17) is 14.5 Å². The normalized spacial score (nSPS) is 20.8. The van der Waals surface area contributed by atoms with Crippen LogP contribution in [0.3, 0.4) is 0 Å². The zero-order valence-corrected chi connectivity index (χ0v) is 12.7. The lowest BCUT2D eigenvalue weighted by Gasteiger charge is -2.31. The molecule has 0 bridgehead atoms. The van der Waals surface area contributed by atoms with E-state index in [1.165, 1.54) is 0 Å². The summed E-state index contributed by atoms with van der Waals surface area (Å²) in [6, 6.07) is 9.27. The van der Waals surface area contributed by atoms with Crippen LogP contribution in [0.4, 0.5) is 4.79 Å². The van der Waals surface area contributed by atoms with Crippen LogP contribution in [-0.4, -0.2) is 41.4 Å². The maximum atomic E-state index is 11.7. The molecule has 3 N–H and O–H groups in total. The Balaban J connectivity index is 1.71. The van der Waals surface area contributed by atoms with Crippen molar-refractivity contribution >= 4 is 19.2 Å². The largest absolute Gasteiger partial charge is 0.481 e. The monoisotopic (exact) mass is 321 g/mol. The number of nitrogens with one attached hydrogen (secondary N) is 1. The van der Waals surface area contributed by atoms with Crippen LogP contribution < -0.4 is 5.32 Å². The molecule has 1 fully saturated rings. The number of hydrogen-bond acceptors (Lipinski definition) is 5. The summed E-state index contributed by atoms with van der Waals surface area (Å²) in [5.41, 5.74) is 0.872. The molecule has 1 saturated heterocycles. The van der Waals surface area contributed by atoms with Crippen LogP contribution in [-0.2, 0) is 20.8 Å². The zero-order chi connectivity index (χ0) is 16.7. The lowest BCUT2D eigenvalue weighted by Crippen LogP contribution is -2.52. The molecule has 2 atom stereocenters. The molecular weight excluding hydrogens is 301 g/mol. The van der Waals surface area contributed by atoms with E-state index in [0.29, 0.717) is 19.3 Å². The van der Waals surface area contributed by atoms with Crippen LogP contribution in [0.15, 0.2) is 30.3 Å². The van der Waals surface area contributed by atoms with E-state index >= 15 is 0 Å². The third kappa shape index (κ3) is 5.92. The third-order valence-corrected chi connectivity index (χ3v) is 3.67. The van der Waals surface area contributed by atoms with Gasteiger partial charge in [-0.25, -0.2) is 4.79 Å². The standard InChI is InChI=1S/C15H20BNO6/c18-14(19)9-7-12-6-8-13(16(21)23-12)17-15(20)22-10-11-4-2-1-3-5-11/h1-5,12-13,21H,6-10H2,(H,17,20)(H,18,19)/t12-,13-/m0/s1. The molecule has 23 heavy (non-hydrogen) atoms. The van der Waals surface area contributed by atoms with Crippen molar-refractivity contribution in [2.75, 3.05) is 0 Å². The number of carbonyl (C=O) groups excluding carboxylic acids is 1. The third-order valence-electron chi connectivity index (χ3n) is 3.67. The fraction of sp³-hybridized carbons (Fsp3) is 0.467. The first kappa shape index (κ1) is 17.3. The Morgan fingerprint density at radius 1 is 1.30 bits per heavy atom. The van der Waals surface area contributed by atoms with Crippen molar-refractivity contribution < 1.29 is 29.1 Å². The zero-order valence-electron chi connectivity index (χ0n) is 12.7. The number of alkyl carbamates (subject to hydrolysis) is 1. The molecule has 1 heterocycles. The number of carboxylic acid groups (broad SMARTS) is 1. The lowest BCUT2D eigenvalue weighted by molar-refractivity contribution is -0.137. The molecule has 2 rings (SSSR count). The summed E-state index contributed by atoms with van der Waals surface area (Å²) in [6.45, 7) is 0.150. The molecule has 1 aliphatic heterocycles. The summed E-state index contributed by atoms with van der Waals surface area (Å²) in [6.07, 6.45) is 0.497. The topological polar surface area (TPSA) is 105 Å². The van der Waals surface area contributed by atoms with Crippen molar-refractivity contribution in [3.8, 4) is 0 Å². The molecule has 0 radical (unpaired) electrons. The van der Waals surface area contributed by atoms with E-state index in [9.17, 15) is 14.6 Å². The molecule has 0 aromatic heterocycles. The van der Waals surface area contributed by atoms with Gasteiger partial charge >= 0.3 is 19.2 Å². The van der Waals surface area contributed by atoms with Gasteiger partial charge in [-0.3, -0.25) is 4.79 Å². The quantitative estimate of drug-likeness (QED) is 0.683. The van der Waals surface area contributed by atoms with Crippen LogP contribution >= 0.6 is 0 Å². The maximum absolute atomic E-state index is 11.7. The van der Waals surface area contributed by atoms with Crippen LogP contribution in [0.5, 0.6) is 0 Å². The first-order valence-electron chi connectivity index (χ1n) is 7.57. The van der Waals surface area contributed by atoms with Gasteiger partial charge in [-0.1, -0.05) is 30.3 Å². The maximum Gasteiger partial charge on any atom is 0.478 e. The Bertz CT molecular complexity index is 526. The smallest absolute Gasteiger partial charge is 0.478 e. The number of benzene rings is 1. The molecule has 1 aliphatic rings. The van der Waals surface area contributed by atoms with Gasteiger partial charge in [-0.15, -0.1) is 0 Å². The van der Waals surface area contributed by atoms with Gasteiger partial charge in [-0.2, -0.15) is 0 Å². The molecule has 0 aliphatic carbocycles. The molecule has 7 nitrogen and oxygen atoms in total. The van der Waals surface area contributed by atoms with Crippen molar-refractivity contribution in [2.45, 2.75) is 44.3 Å². The Hall–Kier alpha value is -2.06. The van der Waals surface area contributed by atoms with Gasteiger partial charge in [0.25, 0.3) is 0 Å². The fourth-order valence-corrected chi connectivity index (χ4v) is 2.42. The minimum absolute atomic E-state index is 0.00536. The Labute approximate surface area is 134 Å². The van der Waals surface area contributed by atoms with Gasteiger partial charge in [0.15, 0.2) is 0 Å². The van der Waals surface area contributed by atoms with E-state index in [-0.39, 0.29) is 19.1 Å². The molecule has 8 heteroatoms. The second-order valence-corrected chi connectivity index (χ2v) is 5.47. The lowest BCUT2D eigenvalue weighted by atomic mass is 9.72. The average molecular weight is 321 g/mol. The molecular formula is C15H20BNO6. The van der Waals surface area contributed by atoms with Gasteiger partial charge in [-0.05, 0) is 24.8 Å². The number of carboxylic acids is 1. The van der Waals surface area contributed by atoms with E-state index in [1.807, 2.05) is 30.3 Å². The van der Waals surface area contributed by atoms with Gasteiger partial charge < -0.3 is 24.8 Å². The second kappa shape index (κ2) is 8.54. The highest BCUT2D eigenvalue weighted by Gasteiger charge is 2.36. The number of aliphatic carboxylic acids is 1. The van der Waals surface area contributed by atoms with Gasteiger partial charge in [0, 0.05) is 12.5 Å². The van der Waals surface area contributed by atoms with E-state index < -0.39 is 25.1 Å². The number of rotatable bonds is 6. The van der Waals surface area contributed by atoms with Crippen LogP contribution in [0.25, 0.3) is 0 Å². The summed E-state index contributed by atoms with van der Waals surface area (Å²) in [5.74, 6) is -1.45. The Kier molecular flexibility index (Phi) is 6.43. The minimum Gasteiger partial charge on any atom is -0.481 e. The van der Waals surface area contributed by atoms with Crippen molar-refractivity contribution in [1.29, 1.82) is 0 Å². The second-order valence-electron chi connectivity index (χ2n) is 5.47. The molecule has 1 aromatic carbocycles. The SMILES string of the molecule is O=C(O)CC[C@@H]1CC[C@H](NC(=O)OCc2ccccc2)B(O)O1. The fourth-order valence-electron chi connectivity index (χ4n) is 2.42. The van der Waals surface area contributed by atoms with Crippen LogP contribution in [0, 0.1) is 0 Å². The average Bonchev–Trinajstić information content (AvgIpc) is 2.54. The van der Waals surface area contributed by atoms with E-state index in [2.05, 4.69) is 5.32 Å². The number of amides is 1. The molecule has 1 amide bonds. The Morgan fingerprint density at radius 3 is 2.70 bits per heavy atom. The Morgan fingerprint density at radius 2 is 2.04 bits per heavy atom. The molecule has 1 aromatic rings. The number of hydrogen-bond donors (Lipinski definition) is 3. The molecule has 0 saturated carbocycles. The molecule has 0 spiro atoms. The van der Waals surface area contributed by atoms with E-state index in [1.54, 1.807) is 0 Å². The number of carbonyl (C=O) groups is 2. The minimum atomic E-state index is -1.16. The summed E-state index contributed by atoms with van der Waals surface area (Å²) in [4.78, 5) is 22.3. The predicted molar refractivity (Wildman–Crippen MR) is 82.5 cm³/mol. The van der Waals surface area contributed by atoms with Crippen LogP contribution in [0.1, 0.15) is 31.2 Å². The van der Waals surface area contributed by atoms with E-state index in [0.717, 1.165) is 5.56 Å². The highest BCUT2D eigenvalue weighted by molar-refractivity contribution is 6.45. The summed E-state index contributed by atoms with van der Waals surface area (Å²) >= 11 is 0. The summed E-state index contributed by atoms with van der Waals surface area (Å²) < 4.78 is 10.4. The van der Waals surface area contributed by atoms with Crippen molar-refractivity contribution in [3.05, 3.63) is 35.9 Å². The molecule has 0 unspecified atom stereocenters. The van der Waals surface area contributed by atoms with Crippen molar-refractivity contribution in [3.63, 3.8) is 0 Å². The van der Waals surface area contributed by atoms with Crippen LogP contribution in [0.2, 0.25) is 0 Å². The first-order chi connectivity index (χ1) is 11.0. The van der Waals surface area contributed by atoms with Crippen molar-refractivity contribution in [1.82, 2.24) is 5.32 Å². The number of ether oxygens (including phenoxy) is 1. The van der Waals surface area contributed by atoms with Crippen molar-refractivity contribution in [2.24, 2.45) is 0 Å². The summed E-state index contributed by atoms with van der Waals surface area (Å²) in [5, 5.41) is 21.1. The van der Waals surface area contributed by atoms with Gasteiger partial charge in [0.1, 0.15) is 6.61 Å². The van der Waals surface area contributed by atoms with Gasteiger partial charge in [0.2, 0.25) is 0 Å². The van der Waals surface area contributed by atoms with Gasteiger partial charge in [0.05, 0.1) is 5.94 Å². The predicted octanol–water partition coefficient (Wildman–Crippen LogP) is 1.34.